The minimum atomic E-state index is -1.13. The predicted octanol–water partition coefficient (Wildman–Crippen LogP) is 2.37. The van der Waals surface area contributed by atoms with E-state index in [-0.39, 0.29) is 13.0 Å². The maximum Gasteiger partial charge on any atom is 0.309 e. The zero-order valence-corrected chi connectivity index (χ0v) is 14.7. The number of rotatable bonds is 8. The van der Waals surface area contributed by atoms with E-state index in [1.165, 1.54) is 0 Å². The van der Waals surface area contributed by atoms with Gasteiger partial charge in [-0.25, -0.2) is 0 Å². The van der Waals surface area contributed by atoms with Gasteiger partial charge in [-0.2, -0.15) is 0 Å². The van der Waals surface area contributed by atoms with Crippen LogP contribution < -0.4 is 0 Å². The molecule has 1 aliphatic heterocycles. The van der Waals surface area contributed by atoms with Crippen molar-refractivity contribution in [1.82, 2.24) is 4.90 Å². The van der Waals surface area contributed by atoms with Crippen LogP contribution in [0.3, 0.4) is 0 Å². The summed E-state index contributed by atoms with van der Waals surface area (Å²) in [6.45, 7) is -0.0360. The molecule has 0 spiro atoms. The number of benzene rings is 2. The van der Waals surface area contributed by atoms with Crippen molar-refractivity contribution in [3.8, 4) is 0 Å². The second-order valence-corrected chi connectivity index (χ2v) is 6.63. The van der Waals surface area contributed by atoms with Gasteiger partial charge in [-0.3, -0.25) is 19.3 Å². The average molecular weight is 367 g/mol. The van der Waals surface area contributed by atoms with Crippen LogP contribution in [-0.4, -0.2) is 45.5 Å². The number of fused-ring (bicyclic) bond motifs is 1. The molecule has 0 fully saturated rings. The van der Waals surface area contributed by atoms with Gasteiger partial charge in [0, 0.05) is 6.54 Å². The lowest BCUT2D eigenvalue weighted by Crippen LogP contribution is -2.36. The van der Waals surface area contributed by atoms with Crippen LogP contribution >= 0.6 is 0 Å². The third-order valence-corrected chi connectivity index (χ3v) is 4.90. The molecule has 0 aromatic heterocycles. The van der Waals surface area contributed by atoms with E-state index < -0.39 is 29.8 Å². The Morgan fingerprint density at radius 1 is 0.889 bits per heavy atom. The molecule has 6 heteroatoms. The number of carbonyl (C=O) groups is 3. The molecule has 0 saturated carbocycles. The first-order chi connectivity index (χ1) is 13.0. The maximum atomic E-state index is 12.4. The lowest BCUT2D eigenvalue weighted by atomic mass is 9.93. The number of carboxylic acid groups (broad SMARTS) is 1. The van der Waals surface area contributed by atoms with Crippen molar-refractivity contribution in [2.24, 2.45) is 5.92 Å². The highest BCUT2D eigenvalue weighted by molar-refractivity contribution is 6.21. The van der Waals surface area contributed by atoms with Crippen LogP contribution in [0.15, 0.2) is 54.6 Å². The molecule has 3 rings (SSSR count). The number of hydrogen-bond acceptors (Lipinski definition) is 4. The molecule has 6 nitrogen and oxygen atoms in total. The van der Waals surface area contributed by atoms with Crippen molar-refractivity contribution in [2.75, 3.05) is 6.54 Å². The van der Waals surface area contributed by atoms with E-state index in [9.17, 15) is 24.6 Å². The van der Waals surface area contributed by atoms with Gasteiger partial charge in [0.2, 0.25) is 0 Å². The number of carboxylic acids is 1. The Kier molecular flexibility index (Phi) is 5.66. The zero-order chi connectivity index (χ0) is 19.4. The Hall–Kier alpha value is -2.99. The number of aliphatic hydroxyl groups is 1. The summed E-state index contributed by atoms with van der Waals surface area (Å²) in [4.78, 5) is 37.4. The van der Waals surface area contributed by atoms with Gasteiger partial charge >= 0.3 is 5.97 Å². The highest BCUT2D eigenvalue weighted by Gasteiger charge is 2.36. The Bertz CT molecular complexity index is 814. The van der Waals surface area contributed by atoms with E-state index in [2.05, 4.69) is 0 Å². The lowest BCUT2D eigenvalue weighted by Gasteiger charge is -2.22. The number of carbonyl (C=O) groups excluding carboxylic acids is 2. The largest absolute Gasteiger partial charge is 0.481 e. The molecular weight excluding hydrogens is 346 g/mol. The third-order valence-electron chi connectivity index (χ3n) is 4.90. The highest BCUT2D eigenvalue weighted by atomic mass is 16.4. The monoisotopic (exact) mass is 367 g/mol. The summed E-state index contributed by atoms with van der Waals surface area (Å²) >= 11 is 0. The molecule has 2 aromatic rings. The second-order valence-electron chi connectivity index (χ2n) is 6.63. The molecule has 140 valence electrons. The van der Waals surface area contributed by atoms with Gasteiger partial charge in [-0.1, -0.05) is 42.5 Å². The van der Waals surface area contributed by atoms with E-state index >= 15 is 0 Å². The van der Waals surface area contributed by atoms with Crippen LogP contribution in [0.5, 0.6) is 0 Å². The van der Waals surface area contributed by atoms with Crippen LogP contribution in [0.2, 0.25) is 0 Å². The van der Waals surface area contributed by atoms with Gasteiger partial charge in [0.15, 0.2) is 0 Å². The first-order valence-corrected chi connectivity index (χ1v) is 8.89. The predicted molar refractivity (Wildman–Crippen MR) is 98.3 cm³/mol. The number of amides is 2. The SMILES string of the molecule is O=C(O)[C@@H](CCN1C(=O)c2ccccc2C1=O)[C@H](O)CCc1ccccc1. The highest BCUT2D eigenvalue weighted by Crippen LogP contribution is 2.24. The average Bonchev–Trinajstić information content (AvgIpc) is 2.92. The minimum Gasteiger partial charge on any atom is -0.481 e. The fraction of sp³-hybridized carbons (Fsp3) is 0.286. The molecule has 0 unspecified atom stereocenters. The Morgan fingerprint density at radius 2 is 1.44 bits per heavy atom. The van der Waals surface area contributed by atoms with Crippen molar-refractivity contribution in [2.45, 2.75) is 25.4 Å². The standard InChI is InChI=1S/C21H21NO5/c23-18(11-10-14-6-2-1-3-7-14)17(21(26)27)12-13-22-19(24)15-8-4-5-9-16(15)20(22)25/h1-9,17-18,23H,10-13H2,(H,26,27)/t17-,18+/m0/s1. The molecule has 2 amide bonds. The van der Waals surface area contributed by atoms with Crippen molar-refractivity contribution in [1.29, 1.82) is 0 Å². The topological polar surface area (TPSA) is 94.9 Å². The van der Waals surface area contributed by atoms with Crippen LogP contribution in [0, 0.1) is 5.92 Å². The summed E-state index contributed by atoms with van der Waals surface area (Å²) in [6, 6.07) is 16.0. The van der Waals surface area contributed by atoms with E-state index in [0.717, 1.165) is 10.5 Å². The van der Waals surface area contributed by atoms with Gasteiger partial charge < -0.3 is 10.2 Å². The summed E-state index contributed by atoms with van der Waals surface area (Å²) in [5.74, 6) is -3.01. The summed E-state index contributed by atoms with van der Waals surface area (Å²) in [7, 11) is 0. The Balaban J connectivity index is 1.61. The van der Waals surface area contributed by atoms with Crippen molar-refractivity contribution < 1.29 is 24.6 Å². The molecule has 1 aliphatic rings. The number of imide groups is 1. The van der Waals surface area contributed by atoms with Gasteiger partial charge in [0.25, 0.3) is 11.8 Å². The van der Waals surface area contributed by atoms with Crippen molar-refractivity contribution >= 4 is 17.8 Å². The van der Waals surface area contributed by atoms with Crippen LogP contribution in [-0.2, 0) is 11.2 Å². The molecule has 0 bridgehead atoms. The van der Waals surface area contributed by atoms with E-state index in [1.54, 1.807) is 24.3 Å². The molecule has 2 atom stereocenters. The number of aryl methyl sites for hydroxylation is 1. The zero-order valence-electron chi connectivity index (χ0n) is 14.7. The third kappa shape index (κ3) is 4.06. The van der Waals surface area contributed by atoms with Crippen LogP contribution in [0.4, 0.5) is 0 Å². The number of hydrogen-bond donors (Lipinski definition) is 2. The van der Waals surface area contributed by atoms with E-state index in [0.29, 0.717) is 24.0 Å². The summed E-state index contributed by atoms with van der Waals surface area (Å²) < 4.78 is 0. The maximum absolute atomic E-state index is 12.4. The fourth-order valence-corrected chi connectivity index (χ4v) is 3.35. The van der Waals surface area contributed by atoms with Crippen molar-refractivity contribution in [3.63, 3.8) is 0 Å². The quantitative estimate of drug-likeness (QED) is 0.699. The Labute approximate surface area is 157 Å². The summed E-state index contributed by atoms with van der Waals surface area (Å²) in [5, 5.41) is 19.8. The van der Waals surface area contributed by atoms with Gasteiger partial charge in [-0.15, -0.1) is 0 Å². The summed E-state index contributed by atoms with van der Waals surface area (Å²) in [5.41, 5.74) is 1.68. The van der Waals surface area contributed by atoms with Crippen molar-refractivity contribution in [3.05, 3.63) is 71.3 Å². The van der Waals surface area contributed by atoms with Crippen LogP contribution in [0.25, 0.3) is 0 Å². The van der Waals surface area contributed by atoms with Gasteiger partial charge in [0.1, 0.15) is 0 Å². The normalized spacial score (nSPS) is 15.5. The first kappa shape index (κ1) is 18.8. The minimum absolute atomic E-state index is 0.0107. The van der Waals surface area contributed by atoms with E-state index in [4.69, 9.17) is 0 Å². The van der Waals surface area contributed by atoms with E-state index in [1.807, 2.05) is 30.3 Å². The number of aliphatic carboxylic acids is 1. The molecule has 2 N–H and O–H groups in total. The molecule has 1 heterocycles. The molecular formula is C21H21NO5. The lowest BCUT2D eigenvalue weighted by molar-refractivity contribution is -0.146. The molecule has 0 aliphatic carbocycles. The number of nitrogens with zero attached hydrogens (tertiary/aromatic N) is 1. The van der Waals surface area contributed by atoms with Gasteiger partial charge in [0.05, 0.1) is 23.1 Å². The molecule has 2 aromatic carbocycles. The first-order valence-electron chi connectivity index (χ1n) is 8.89. The van der Waals surface area contributed by atoms with Gasteiger partial charge in [-0.05, 0) is 37.0 Å². The molecule has 0 radical (unpaired) electrons. The Morgan fingerprint density at radius 3 is 2.00 bits per heavy atom. The fourth-order valence-electron chi connectivity index (χ4n) is 3.35. The molecule has 0 saturated heterocycles. The number of aliphatic hydroxyl groups excluding tert-OH is 1. The summed E-state index contributed by atoms with van der Waals surface area (Å²) in [6.07, 6.45) is -0.198. The smallest absolute Gasteiger partial charge is 0.309 e. The second kappa shape index (κ2) is 8.14. The molecule has 27 heavy (non-hydrogen) atoms. The van der Waals surface area contributed by atoms with Crippen LogP contribution in [0.1, 0.15) is 39.1 Å².